The fraction of sp³-hybridized carbons (Fsp3) is 0.968. The molecule has 1 spiro atoms. The number of rotatable bonds is 2. The smallest absolute Gasteiger partial charge is 0.312 e. The van der Waals surface area contributed by atoms with Crippen molar-refractivity contribution in [3.05, 3.63) is 0 Å². The number of hydrogen-bond acceptors (Lipinski definition) is 6. The molecule has 4 aliphatic carbocycles. The molecule has 3 saturated heterocycles. The maximum atomic E-state index is 13.4. The van der Waals surface area contributed by atoms with Gasteiger partial charge in [0.05, 0.1) is 12.5 Å². The number of piperidine rings is 1. The lowest BCUT2D eigenvalue weighted by atomic mass is 9.33. The first kappa shape index (κ1) is 25.3. The number of esters is 1. The molecule has 7 aliphatic rings. The summed E-state index contributed by atoms with van der Waals surface area (Å²) in [5, 5.41) is 2.15. The van der Waals surface area contributed by atoms with Gasteiger partial charge < -0.3 is 4.74 Å². The Balaban J connectivity index is 1.30. The average Bonchev–Trinajstić information content (AvgIpc) is 3.26. The van der Waals surface area contributed by atoms with Crippen LogP contribution in [0.3, 0.4) is 0 Å². The third-order valence-corrected chi connectivity index (χ3v) is 14.5. The standard InChI is InChI=1S/C31H49NO5/c1-19(2)30-17-13-28(7)21-10-9-20-22-23-25(3,4)11-15-29(22,24(33)35-23)16-12-26(20,5)27(21,6)14-18-31(28,37-36-30)32(30)34-8/h19-23H,9-18H2,1-8H3/t20-,21+,22+,23-,26-,27-,28-,29+,30+,31+/m1/s1. The topological polar surface area (TPSA) is 57.2 Å². The van der Waals surface area contributed by atoms with Gasteiger partial charge in [-0.15, -0.1) is 5.06 Å². The first-order valence-electron chi connectivity index (χ1n) is 15.2. The maximum Gasteiger partial charge on any atom is 0.312 e. The van der Waals surface area contributed by atoms with Crippen LogP contribution in [0.25, 0.3) is 0 Å². The summed E-state index contributed by atoms with van der Waals surface area (Å²) in [6, 6.07) is 0. The van der Waals surface area contributed by atoms with Crippen LogP contribution < -0.4 is 0 Å². The molecule has 0 radical (unpaired) electrons. The largest absolute Gasteiger partial charge is 0.461 e. The van der Waals surface area contributed by atoms with E-state index in [1.54, 1.807) is 7.11 Å². The van der Waals surface area contributed by atoms with Gasteiger partial charge in [0.2, 0.25) is 0 Å². The Labute approximate surface area is 223 Å². The number of hydrogen-bond donors (Lipinski definition) is 0. The van der Waals surface area contributed by atoms with Crippen LogP contribution >= 0.6 is 0 Å². The molecule has 3 heterocycles. The predicted molar refractivity (Wildman–Crippen MR) is 138 cm³/mol. The normalized spacial score (nSPS) is 57.8. The van der Waals surface area contributed by atoms with E-state index in [1.165, 1.54) is 12.8 Å². The number of hydroxylamine groups is 2. The van der Waals surface area contributed by atoms with Crippen molar-refractivity contribution in [3.8, 4) is 0 Å². The van der Waals surface area contributed by atoms with Crippen LogP contribution in [0.2, 0.25) is 0 Å². The molecule has 208 valence electrons. The lowest BCUT2D eigenvalue weighted by Gasteiger charge is -2.73. The van der Waals surface area contributed by atoms with Crippen LogP contribution in [0.4, 0.5) is 0 Å². The summed E-state index contributed by atoms with van der Waals surface area (Å²) >= 11 is 0. The van der Waals surface area contributed by atoms with Gasteiger partial charge in [-0.05, 0) is 86.9 Å². The maximum absolute atomic E-state index is 13.4. The summed E-state index contributed by atoms with van der Waals surface area (Å²) in [5.74, 6) is 1.82. The number of ether oxygens (including phenoxy) is 1. The molecule has 3 aliphatic heterocycles. The van der Waals surface area contributed by atoms with E-state index in [0.29, 0.717) is 17.8 Å². The lowest BCUT2D eigenvalue weighted by molar-refractivity contribution is -0.396. The highest BCUT2D eigenvalue weighted by molar-refractivity contribution is 5.81. The van der Waals surface area contributed by atoms with E-state index >= 15 is 0 Å². The van der Waals surface area contributed by atoms with Crippen molar-refractivity contribution in [2.75, 3.05) is 7.11 Å². The van der Waals surface area contributed by atoms with E-state index in [2.05, 4.69) is 53.5 Å². The van der Waals surface area contributed by atoms with Gasteiger partial charge in [0.15, 0.2) is 11.4 Å². The van der Waals surface area contributed by atoms with Crippen molar-refractivity contribution >= 4 is 5.97 Å². The summed E-state index contributed by atoms with van der Waals surface area (Å²) in [4.78, 5) is 32.4. The number of nitrogens with zero attached hydrogens (tertiary/aromatic N) is 1. The predicted octanol–water partition coefficient (Wildman–Crippen LogP) is 6.63. The molecule has 0 unspecified atom stereocenters. The molecule has 0 amide bonds. The van der Waals surface area contributed by atoms with Crippen molar-refractivity contribution < 1.29 is 24.1 Å². The van der Waals surface area contributed by atoms with Gasteiger partial charge in [-0.1, -0.05) is 48.5 Å². The summed E-state index contributed by atoms with van der Waals surface area (Å²) in [6.45, 7) is 16.8. The van der Waals surface area contributed by atoms with Gasteiger partial charge in [-0.2, -0.15) is 0 Å². The highest BCUT2D eigenvalue weighted by atomic mass is 17.3. The Morgan fingerprint density at radius 1 is 0.838 bits per heavy atom. The number of fused-ring (bicyclic) bond motifs is 5. The fourth-order valence-electron chi connectivity index (χ4n) is 12.0. The van der Waals surface area contributed by atoms with E-state index in [4.69, 9.17) is 19.3 Å². The van der Waals surface area contributed by atoms with E-state index in [1.807, 2.05) is 0 Å². The van der Waals surface area contributed by atoms with Crippen molar-refractivity contribution in [1.29, 1.82) is 0 Å². The summed E-state index contributed by atoms with van der Waals surface area (Å²) in [7, 11) is 1.80. The van der Waals surface area contributed by atoms with E-state index in [0.717, 1.165) is 51.4 Å². The molecule has 4 bridgehead atoms. The minimum Gasteiger partial charge on any atom is -0.461 e. The fourth-order valence-corrected chi connectivity index (χ4v) is 12.0. The zero-order chi connectivity index (χ0) is 26.4. The van der Waals surface area contributed by atoms with Gasteiger partial charge in [0, 0.05) is 22.7 Å². The molecule has 4 saturated carbocycles. The van der Waals surface area contributed by atoms with Crippen LogP contribution in [0.5, 0.6) is 0 Å². The summed E-state index contributed by atoms with van der Waals surface area (Å²) < 4.78 is 6.31. The van der Waals surface area contributed by atoms with Crippen LogP contribution in [-0.4, -0.2) is 35.7 Å². The van der Waals surface area contributed by atoms with Crippen molar-refractivity contribution in [2.24, 2.45) is 50.7 Å². The Kier molecular flexibility index (Phi) is 4.88. The number of carbonyl (C=O) groups excluding carboxylic acids is 1. The summed E-state index contributed by atoms with van der Waals surface area (Å²) in [5.41, 5.74) is -0.932. The van der Waals surface area contributed by atoms with Crippen LogP contribution in [0.1, 0.15) is 113 Å². The number of carbonyl (C=O) groups is 1. The molecule has 6 nitrogen and oxygen atoms in total. The van der Waals surface area contributed by atoms with Crippen molar-refractivity contribution in [2.45, 2.75) is 130 Å². The van der Waals surface area contributed by atoms with Gasteiger partial charge in [0.1, 0.15) is 6.10 Å². The second-order valence-electron chi connectivity index (χ2n) is 15.9. The Bertz CT molecular complexity index is 1030. The quantitative estimate of drug-likeness (QED) is 0.304. The summed E-state index contributed by atoms with van der Waals surface area (Å²) in [6.07, 6.45) is 10.7. The molecule has 0 aromatic heterocycles. The third-order valence-electron chi connectivity index (χ3n) is 14.5. The molecule has 0 N–H and O–H groups in total. The zero-order valence-corrected chi connectivity index (χ0v) is 24.4. The SMILES string of the molecule is CON1[C@@]2(C(C)C)CC[C@]3(C)[C@H]4CC[C@@H]5[C@H]6[C@H]7OC(=O)[C@@]6(CCC7(C)C)CC[C@@]5(C)[C@]4(C)CC[C@@]13OO2. The highest BCUT2D eigenvalue weighted by Crippen LogP contribution is 2.79. The van der Waals surface area contributed by atoms with Crippen LogP contribution in [-0.2, 0) is 24.1 Å². The average molecular weight is 516 g/mol. The minimum absolute atomic E-state index is 0.0643. The Morgan fingerprint density at radius 3 is 2.22 bits per heavy atom. The Hall–Kier alpha value is -0.690. The third kappa shape index (κ3) is 2.50. The molecule has 10 atom stereocenters. The lowest BCUT2D eigenvalue weighted by Crippen LogP contribution is -2.74. The molecule has 0 aromatic carbocycles. The molecule has 0 aromatic rings. The Morgan fingerprint density at radius 2 is 1.51 bits per heavy atom. The first-order chi connectivity index (χ1) is 17.3. The minimum atomic E-state index is -0.543. The highest BCUT2D eigenvalue weighted by Gasteiger charge is 2.80. The second kappa shape index (κ2) is 7.14. The van der Waals surface area contributed by atoms with Gasteiger partial charge in [0.25, 0.3) is 0 Å². The first-order valence-corrected chi connectivity index (χ1v) is 15.2. The van der Waals surface area contributed by atoms with Gasteiger partial charge >= 0.3 is 5.97 Å². The molecular weight excluding hydrogens is 466 g/mol. The van der Waals surface area contributed by atoms with Gasteiger partial charge in [-0.3, -0.25) is 9.63 Å². The van der Waals surface area contributed by atoms with E-state index < -0.39 is 11.4 Å². The van der Waals surface area contributed by atoms with E-state index in [-0.39, 0.29) is 45.1 Å². The monoisotopic (exact) mass is 515 g/mol. The molecular formula is C31H49NO5. The van der Waals surface area contributed by atoms with E-state index in [9.17, 15) is 4.79 Å². The molecule has 7 fully saturated rings. The van der Waals surface area contributed by atoms with Gasteiger partial charge in [-0.25, -0.2) is 9.78 Å². The molecule has 37 heavy (non-hydrogen) atoms. The zero-order valence-electron chi connectivity index (χ0n) is 24.4. The van der Waals surface area contributed by atoms with Crippen molar-refractivity contribution in [3.63, 3.8) is 0 Å². The van der Waals surface area contributed by atoms with Crippen LogP contribution in [0, 0.1) is 50.7 Å². The molecule has 6 heteroatoms. The molecule has 7 rings (SSSR count). The second-order valence-corrected chi connectivity index (χ2v) is 15.9. The van der Waals surface area contributed by atoms with Crippen LogP contribution in [0.15, 0.2) is 0 Å². The van der Waals surface area contributed by atoms with Crippen molar-refractivity contribution in [1.82, 2.24) is 5.06 Å².